The van der Waals surface area contributed by atoms with E-state index in [0.29, 0.717) is 17.8 Å². The molecular formula is C16H17BrN2O. The van der Waals surface area contributed by atoms with Crippen LogP contribution in [0.4, 0.5) is 11.4 Å². The van der Waals surface area contributed by atoms with E-state index >= 15 is 0 Å². The molecule has 0 unspecified atom stereocenters. The molecule has 0 heterocycles. The Morgan fingerprint density at radius 2 is 1.90 bits per heavy atom. The van der Waals surface area contributed by atoms with Crippen LogP contribution < -0.4 is 11.1 Å². The van der Waals surface area contributed by atoms with E-state index in [9.17, 15) is 4.79 Å². The van der Waals surface area contributed by atoms with Gasteiger partial charge in [-0.05, 0) is 48.7 Å². The number of hydrogen-bond acceptors (Lipinski definition) is 2. The summed E-state index contributed by atoms with van der Waals surface area (Å²) in [5.74, 6) is -0.0673. The Balaban J connectivity index is 2.07. The molecule has 3 nitrogen and oxygen atoms in total. The summed E-state index contributed by atoms with van der Waals surface area (Å²) in [5, 5.41) is 2.84. The smallest absolute Gasteiger partial charge is 0.228 e. The largest absolute Gasteiger partial charge is 0.397 e. The first-order chi connectivity index (χ1) is 9.45. The fraction of sp³-hybridized carbons (Fsp3) is 0.188. The highest BCUT2D eigenvalue weighted by Crippen LogP contribution is 2.23. The Labute approximate surface area is 127 Å². The van der Waals surface area contributed by atoms with E-state index in [0.717, 1.165) is 10.0 Å². The lowest BCUT2D eigenvalue weighted by atomic mass is 10.0. The lowest BCUT2D eigenvalue weighted by molar-refractivity contribution is -0.115. The number of anilines is 2. The molecule has 104 valence electrons. The monoisotopic (exact) mass is 332 g/mol. The van der Waals surface area contributed by atoms with Crippen molar-refractivity contribution >= 4 is 33.2 Å². The lowest BCUT2D eigenvalue weighted by Crippen LogP contribution is -2.15. The highest BCUT2D eigenvalue weighted by atomic mass is 79.9. The van der Waals surface area contributed by atoms with Gasteiger partial charge in [0, 0.05) is 4.47 Å². The van der Waals surface area contributed by atoms with Gasteiger partial charge in [0.15, 0.2) is 0 Å². The zero-order chi connectivity index (χ0) is 14.7. The number of hydrogen-bond donors (Lipinski definition) is 2. The number of benzene rings is 2. The second-order valence-electron chi connectivity index (χ2n) is 4.88. The summed E-state index contributed by atoms with van der Waals surface area (Å²) in [4.78, 5) is 12.0. The minimum absolute atomic E-state index is 0.0673. The molecule has 0 aliphatic rings. The zero-order valence-corrected chi connectivity index (χ0v) is 13.1. The van der Waals surface area contributed by atoms with E-state index < -0.39 is 0 Å². The number of carbonyl (C=O) groups is 1. The quantitative estimate of drug-likeness (QED) is 0.839. The number of nitrogens with two attached hydrogens (primary N) is 1. The summed E-state index contributed by atoms with van der Waals surface area (Å²) >= 11 is 3.34. The van der Waals surface area contributed by atoms with E-state index in [4.69, 9.17) is 5.73 Å². The summed E-state index contributed by atoms with van der Waals surface area (Å²) in [7, 11) is 0. The highest BCUT2D eigenvalue weighted by Gasteiger charge is 2.07. The van der Waals surface area contributed by atoms with Crippen molar-refractivity contribution < 1.29 is 4.79 Å². The number of nitrogen functional groups attached to an aromatic ring is 1. The molecule has 0 aliphatic carbocycles. The van der Waals surface area contributed by atoms with E-state index in [1.807, 2.05) is 31.2 Å². The van der Waals surface area contributed by atoms with Crippen LogP contribution >= 0.6 is 15.9 Å². The summed E-state index contributed by atoms with van der Waals surface area (Å²) in [6.07, 6.45) is 0.344. The molecule has 0 saturated heterocycles. The Kier molecular flexibility index (Phi) is 4.45. The van der Waals surface area contributed by atoms with Crippen molar-refractivity contribution in [3.05, 3.63) is 57.6 Å². The molecular weight excluding hydrogens is 316 g/mol. The number of carbonyl (C=O) groups excluding carboxylic acids is 1. The van der Waals surface area contributed by atoms with Gasteiger partial charge in [-0.2, -0.15) is 0 Å². The maximum absolute atomic E-state index is 12.0. The lowest BCUT2D eigenvalue weighted by Gasteiger charge is -2.09. The summed E-state index contributed by atoms with van der Waals surface area (Å²) in [6, 6.07) is 11.5. The number of rotatable bonds is 3. The SMILES string of the molecule is Cc1ccc(CC(=O)Nc2ccc(Br)cc2N)cc1C. The van der Waals surface area contributed by atoms with Crippen LogP contribution in [0.2, 0.25) is 0 Å². The molecule has 2 aromatic carbocycles. The van der Waals surface area contributed by atoms with Crippen LogP contribution in [-0.2, 0) is 11.2 Å². The van der Waals surface area contributed by atoms with Crippen molar-refractivity contribution in [2.75, 3.05) is 11.1 Å². The maximum atomic E-state index is 12.0. The summed E-state index contributed by atoms with van der Waals surface area (Å²) in [5.41, 5.74) is 10.5. The first-order valence-corrected chi connectivity index (χ1v) is 7.16. The molecule has 0 fully saturated rings. The van der Waals surface area contributed by atoms with Gasteiger partial charge in [-0.15, -0.1) is 0 Å². The van der Waals surface area contributed by atoms with E-state index in [1.54, 1.807) is 12.1 Å². The highest BCUT2D eigenvalue weighted by molar-refractivity contribution is 9.10. The molecule has 20 heavy (non-hydrogen) atoms. The minimum Gasteiger partial charge on any atom is -0.397 e. The van der Waals surface area contributed by atoms with Crippen LogP contribution in [0.3, 0.4) is 0 Å². The second-order valence-corrected chi connectivity index (χ2v) is 5.79. The van der Waals surface area contributed by atoms with Gasteiger partial charge in [-0.25, -0.2) is 0 Å². The van der Waals surface area contributed by atoms with E-state index in [1.165, 1.54) is 11.1 Å². The number of halogens is 1. The van der Waals surface area contributed by atoms with Gasteiger partial charge in [0.2, 0.25) is 5.91 Å². The fourth-order valence-corrected chi connectivity index (χ4v) is 2.32. The van der Waals surface area contributed by atoms with Crippen LogP contribution in [0.1, 0.15) is 16.7 Å². The van der Waals surface area contributed by atoms with Gasteiger partial charge in [0.25, 0.3) is 0 Å². The summed E-state index contributed by atoms with van der Waals surface area (Å²) < 4.78 is 0.891. The maximum Gasteiger partial charge on any atom is 0.228 e. The fourth-order valence-electron chi connectivity index (χ4n) is 1.94. The van der Waals surface area contributed by atoms with Crippen LogP contribution in [0.25, 0.3) is 0 Å². The molecule has 1 amide bonds. The van der Waals surface area contributed by atoms with Crippen LogP contribution in [0.5, 0.6) is 0 Å². The summed E-state index contributed by atoms with van der Waals surface area (Å²) in [6.45, 7) is 4.10. The standard InChI is InChI=1S/C16H17BrN2O/c1-10-3-4-12(7-11(10)2)8-16(20)19-15-6-5-13(17)9-14(15)18/h3-7,9H,8,18H2,1-2H3,(H,19,20). The van der Waals surface area contributed by atoms with Crippen molar-refractivity contribution in [1.29, 1.82) is 0 Å². The van der Waals surface area contributed by atoms with E-state index in [2.05, 4.69) is 28.2 Å². The van der Waals surface area contributed by atoms with E-state index in [-0.39, 0.29) is 5.91 Å². The average Bonchev–Trinajstić information content (AvgIpc) is 2.37. The minimum atomic E-state index is -0.0673. The third-order valence-corrected chi connectivity index (χ3v) is 3.72. The van der Waals surface area contributed by atoms with Crippen molar-refractivity contribution in [1.82, 2.24) is 0 Å². The van der Waals surface area contributed by atoms with Crippen molar-refractivity contribution in [2.24, 2.45) is 0 Å². The molecule has 0 atom stereocenters. The number of nitrogens with one attached hydrogen (secondary N) is 1. The third kappa shape index (κ3) is 3.61. The molecule has 0 bridgehead atoms. The molecule has 3 N–H and O–H groups in total. The molecule has 2 rings (SSSR count). The Morgan fingerprint density at radius 1 is 1.15 bits per heavy atom. The zero-order valence-electron chi connectivity index (χ0n) is 11.5. The predicted octanol–water partition coefficient (Wildman–Crippen LogP) is 3.83. The third-order valence-electron chi connectivity index (χ3n) is 3.22. The number of aryl methyl sites for hydroxylation is 2. The first-order valence-electron chi connectivity index (χ1n) is 6.36. The molecule has 0 aromatic heterocycles. The topological polar surface area (TPSA) is 55.1 Å². The van der Waals surface area contributed by atoms with Gasteiger partial charge in [0.1, 0.15) is 0 Å². The van der Waals surface area contributed by atoms with Crippen molar-refractivity contribution in [3.8, 4) is 0 Å². The first kappa shape index (κ1) is 14.6. The van der Waals surface area contributed by atoms with Gasteiger partial charge < -0.3 is 11.1 Å². The van der Waals surface area contributed by atoms with Crippen molar-refractivity contribution in [2.45, 2.75) is 20.3 Å². The van der Waals surface area contributed by atoms with Crippen LogP contribution in [0.15, 0.2) is 40.9 Å². The Bertz CT molecular complexity index is 653. The van der Waals surface area contributed by atoms with Gasteiger partial charge in [-0.1, -0.05) is 34.1 Å². The van der Waals surface area contributed by atoms with Crippen LogP contribution in [0, 0.1) is 13.8 Å². The number of amides is 1. The average molecular weight is 333 g/mol. The molecule has 4 heteroatoms. The molecule has 0 aliphatic heterocycles. The van der Waals surface area contributed by atoms with Gasteiger partial charge >= 0.3 is 0 Å². The van der Waals surface area contributed by atoms with Crippen LogP contribution in [-0.4, -0.2) is 5.91 Å². The molecule has 0 spiro atoms. The van der Waals surface area contributed by atoms with Gasteiger partial charge in [-0.3, -0.25) is 4.79 Å². The second kappa shape index (κ2) is 6.09. The Morgan fingerprint density at radius 3 is 2.55 bits per heavy atom. The Hall–Kier alpha value is -1.81. The van der Waals surface area contributed by atoms with Gasteiger partial charge in [0.05, 0.1) is 17.8 Å². The molecule has 0 radical (unpaired) electrons. The van der Waals surface area contributed by atoms with Crippen molar-refractivity contribution in [3.63, 3.8) is 0 Å². The predicted molar refractivity (Wildman–Crippen MR) is 86.8 cm³/mol. The molecule has 0 saturated carbocycles. The normalized spacial score (nSPS) is 10.3. The molecule has 2 aromatic rings.